The van der Waals surface area contributed by atoms with Crippen LogP contribution in [0, 0.1) is 11.8 Å². The number of ether oxygens (including phenoxy) is 3. The lowest BCUT2D eigenvalue weighted by atomic mass is 9.65. The van der Waals surface area contributed by atoms with Crippen LogP contribution in [0.15, 0.2) is 55.6 Å². The molecule has 44 heavy (non-hydrogen) atoms. The zero-order valence-electron chi connectivity index (χ0n) is 25.9. The quantitative estimate of drug-likeness (QED) is 0.183. The molecule has 0 saturated carbocycles. The lowest BCUT2D eigenvalue weighted by molar-refractivity contribution is -0.163. The van der Waals surface area contributed by atoms with Gasteiger partial charge in [-0.05, 0) is 37.7 Å². The largest absolute Gasteiger partial charge is 0.465 e. The maximum absolute atomic E-state index is 14.8. The number of carbonyl (C=O) groups excluding carboxylic acids is 3. The summed E-state index contributed by atoms with van der Waals surface area (Å²) in [5.41, 5.74) is -1.15. The van der Waals surface area contributed by atoms with Crippen molar-refractivity contribution in [1.82, 2.24) is 14.7 Å². The molecule has 10 nitrogen and oxygen atoms in total. The molecule has 240 valence electrons. The number of benzene rings is 1. The lowest BCUT2D eigenvalue weighted by Crippen LogP contribution is -2.60. The highest BCUT2D eigenvalue weighted by atomic mass is 16.6. The van der Waals surface area contributed by atoms with Crippen molar-refractivity contribution in [1.29, 1.82) is 0 Å². The minimum atomic E-state index is -1.20. The fraction of sp³-hybridized carbons (Fsp3) is 0.618. The zero-order chi connectivity index (χ0) is 31.3. The first-order valence-corrected chi connectivity index (χ1v) is 16.0. The van der Waals surface area contributed by atoms with Gasteiger partial charge < -0.3 is 29.1 Å². The summed E-state index contributed by atoms with van der Waals surface area (Å²) < 4.78 is 18.1. The van der Waals surface area contributed by atoms with E-state index in [1.807, 2.05) is 37.3 Å². The standard InChI is InChI=1S/C34H47N3O7/c1-4-7-20-43-32(41)28-27-30(39)37(26(24-38)23-25-11-9-8-10-12-25)29(34(27)14-13-33(28,6-3)44-34)31(40)36(15-5-2)17-16-35-18-21-42-22-19-35/h4-5,8-12,26-29,38H,1-2,6-7,13-24H2,3H3/t26-,27+,28+,29?,33-,34?/m1/s1. The predicted octanol–water partition coefficient (Wildman–Crippen LogP) is 2.21. The molecule has 1 aromatic rings. The van der Waals surface area contributed by atoms with Gasteiger partial charge in [0.15, 0.2) is 0 Å². The molecule has 4 aliphatic heterocycles. The molecule has 6 atom stereocenters. The van der Waals surface area contributed by atoms with Crippen LogP contribution in [0.5, 0.6) is 0 Å². The molecule has 1 aromatic carbocycles. The average molecular weight is 610 g/mol. The van der Waals surface area contributed by atoms with Crippen molar-refractivity contribution in [2.24, 2.45) is 11.8 Å². The number of carbonyl (C=O) groups is 3. The van der Waals surface area contributed by atoms with E-state index in [9.17, 15) is 19.5 Å². The van der Waals surface area contributed by atoms with E-state index in [2.05, 4.69) is 18.1 Å². The number of rotatable bonds is 15. The first kappa shape index (κ1) is 32.3. The number of amides is 2. The summed E-state index contributed by atoms with van der Waals surface area (Å²) in [6.45, 7) is 13.7. The molecule has 0 aromatic heterocycles. The van der Waals surface area contributed by atoms with Gasteiger partial charge in [-0.15, -0.1) is 13.2 Å². The van der Waals surface area contributed by atoms with E-state index in [1.165, 1.54) is 0 Å². The van der Waals surface area contributed by atoms with Crippen molar-refractivity contribution in [3.05, 3.63) is 61.2 Å². The molecule has 0 radical (unpaired) electrons. The Morgan fingerprint density at radius 3 is 2.59 bits per heavy atom. The van der Waals surface area contributed by atoms with Gasteiger partial charge in [-0.2, -0.15) is 0 Å². The second-order valence-corrected chi connectivity index (χ2v) is 12.4. The summed E-state index contributed by atoms with van der Waals surface area (Å²) in [5.74, 6) is -2.76. The Labute approximate surface area is 260 Å². The van der Waals surface area contributed by atoms with Crippen LogP contribution in [0.4, 0.5) is 0 Å². The molecule has 2 amide bonds. The SMILES string of the molecule is C=CCCOC(=O)[C@@H]1[C@H]2C(=O)N([C@@H](CO)Cc3ccccc3)C(C(=O)N(CC=C)CCN3CCOCC3)C23CC[C@@]1(CC)O3. The highest BCUT2D eigenvalue weighted by Gasteiger charge is 2.79. The predicted molar refractivity (Wildman–Crippen MR) is 165 cm³/mol. The summed E-state index contributed by atoms with van der Waals surface area (Å²) in [6, 6.07) is 7.95. The summed E-state index contributed by atoms with van der Waals surface area (Å²) in [5, 5.41) is 10.7. The van der Waals surface area contributed by atoms with Gasteiger partial charge in [0.05, 0.1) is 44.0 Å². The normalized spacial score (nSPS) is 30.2. The van der Waals surface area contributed by atoms with E-state index in [4.69, 9.17) is 14.2 Å². The van der Waals surface area contributed by atoms with Gasteiger partial charge in [-0.25, -0.2) is 0 Å². The van der Waals surface area contributed by atoms with Crippen LogP contribution in [0.2, 0.25) is 0 Å². The van der Waals surface area contributed by atoms with Gasteiger partial charge in [0.25, 0.3) is 0 Å². The molecule has 2 bridgehead atoms. The van der Waals surface area contributed by atoms with Gasteiger partial charge >= 0.3 is 5.97 Å². The number of hydrogen-bond donors (Lipinski definition) is 1. The third-order valence-electron chi connectivity index (χ3n) is 10.0. The third kappa shape index (κ3) is 5.85. The van der Waals surface area contributed by atoms with Crippen LogP contribution in [-0.2, 0) is 35.0 Å². The maximum atomic E-state index is 14.8. The van der Waals surface area contributed by atoms with E-state index < -0.39 is 41.1 Å². The van der Waals surface area contributed by atoms with Crippen LogP contribution in [0.3, 0.4) is 0 Å². The van der Waals surface area contributed by atoms with Crippen LogP contribution in [0.25, 0.3) is 0 Å². The lowest BCUT2D eigenvalue weighted by Gasteiger charge is -2.40. The molecule has 1 spiro atoms. The van der Waals surface area contributed by atoms with Crippen molar-refractivity contribution in [3.8, 4) is 0 Å². The fourth-order valence-corrected chi connectivity index (χ4v) is 7.86. The molecule has 4 aliphatic rings. The number of nitrogens with zero attached hydrogens (tertiary/aromatic N) is 3. The molecule has 1 N–H and O–H groups in total. The molecule has 5 rings (SSSR count). The Morgan fingerprint density at radius 2 is 1.93 bits per heavy atom. The smallest absolute Gasteiger partial charge is 0.312 e. The first-order chi connectivity index (χ1) is 21.4. The summed E-state index contributed by atoms with van der Waals surface area (Å²) in [6.07, 6.45) is 5.76. The van der Waals surface area contributed by atoms with Crippen LogP contribution >= 0.6 is 0 Å². The van der Waals surface area contributed by atoms with Gasteiger partial charge in [0.2, 0.25) is 11.8 Å². The van der Waals surface area contributed by atoms with Gasteiger partial charge in [-0.1, -0.05) is 49.4 Å². The van der Waals surface area contributed by atoms with Crippen molar-refractivity contribution in [3.63, 3.8) is 0 Å². The summed E-state index contributed by atoms with van der Waals surface area (Å²) >= 11 is 0. The molecular weight excluding hydrogens is 562 g/mol. The van der Waals surface area contributed by atoms with Crippen LogP contribution in [-0.4, -0.2) is 120 Å². The number of likely N-dealkylation sites (tertiary alicyclic amines) is 1. The number of morpholine rings is 1. The highest BCUT2D eigenvalue weighted by molar-refractivity contribution is 5.98. The molecule has 4 heterocycles. The molecule has 0 aliphatic carbocycles. The molecule has 4 fully saturated rings. The number of hydrogen-bond acceptors (Lipinski definition) is 8. The molecule has 2 unspecified atom stereocenters. The first-order valence-electron chi connectivity index (χ1n) is 16.0. The number of aliphatic hydroxyl groups is 1. The zero-order valence-corrected chi connectivity index (χ0v) is 25.9. The van der Waals surface area contributed by atoms with E-state index in [1.54, 1.807) is 22.0 Å². The average Bonchev–Trinajstić information content (AvgIpc) is 3.66. The molecular formula is C34H47N3O7. The third-order valence-corrected chi connectivity index (χ3v) is 10.0. The number of esters is 1. The topological polar surface area (TPSA) is 109 Å². The van der Waals surface area contributed by atoms with Crippen LogP contribution < -0.4 is 0 Å². The number of aliphatic hydroxyl groups excluding tert-OH is 1. The summed E-state index contributed by atoms with van der Waals surface area (Å²) in [4.78, 5) is 48.7. The minimum absolute atomic E-state index is 0.167. The Morgan fingerprint density at radius 1 is 1.18 bits per heavy atom. The fourth-order valence-electron chi connectivity index (χ4n) is 7.86. The Balaban J connectivity index is 1.53. The van der Waals surface area contributed by atoms with Crippen molar-refractivity contribution in [2.75, 3.05) is 59.2 Å². The van der Waals surface area contributed by atoms with Crippen molar-refractivity contribution in [2.45, 2.75) is 62.3 Å². The highest BCUT2D eigenvalue weighted by Crippen LogP contribution is 2.65. The van der Waals surface area contributed by atoms with Crippen LogP contribution in [0.1, 0.15) is 38.2 Å². The Hall–Kier alpha value is -3.05. The van der Waals surface area contributed by atoms with E-state index >= 15 is 0 Å². The Bertz CT molecular complexity index is 1200. The summed E-state index contributed by atoms with van der Waals surface area (Å²) in [7, 11) is 0. The second kappa shape index (κ2) is 13.9. The molecule has 4 saturated heterocycles. The monoisotopic (exact) mass is 609 g/mol. The number of fused-ring (bicyclic) bond motifs is 1. The molecule has 10 heteroatoms. The minimum Gasteiger partial charge on any atom is -0.465 e. The van der Waals surface area contributed by atoms with Gasteiger partial charge in [0.1, 0.15) is 17.6 Å². The van der Waals surface area contributed by atoms with Crippen molar-refractivity contribution < 1.29 is 33.7 Å². The van der Waals surface area contributed by atoms with E-state index in [0.717, 1.165) is 18.7 Å². The maximum Gasteiger partial charge on any atom is 0.312 e. The Kier molecular flexibility index (Phi) is 10.2. The second-order valence-electron chi connectivity index (χ2n) is 12.4. The van der Waals surface area contributed by atoms with E-state index in [0.29, 0.717) is 65.0 Å². The van der Waals surface area contributed by atoms with E-state index in [-0.39, 0.29) is 25.0 Å². The van der Waals surface area contributed by atoms with Gasteiger partial charge in [0, 0.05) is 32.7 Å². The van der Waals surface area contributed by atoms with Crippen molar-refractivity contribution >= 4 is 17.8 Å². The van der Waals surface area contributed by atoms with Gasteiger partial charge in [-0.3, -0.25) is 19.3 Å².